The summed E-state index contributed by atoms with van der Waals surface area (Å²) in [6.07, 6.45) is 3.83. The van der Waals surface area contributed by atoms with E-state index in [-0.39, 0.29) is 0 Å². The first-order valence-electron chi connectivity index (χ1n) is 7.10. The monoisotopic (exact) mass is 265 g/mol. The van der Waals surface area contributed by atoms with E-state index in [1.165, 1.54) is 41.0 Å². The molecule has 0 aliphatic heterocycles. The van der Waals surface area contributed by atoms with Gasteiger partial charge in [0.2, 0.25) is 0 Å². The van der Waals surface area contributed by atoms with Gasteiger partial charge in [0, 0.05) is 10.9 Å². The minimum absolute atomic E-state index is 0.704. The fourth-order valence-corrected chi connectivity index (χ4v) is 3.03. The molecule has 1 rings (SSSR count). The van der Waals surface area contributed by atoms with Crippen molar-refractivity contribution in [3.05, 3.63) is 29.3 Å². The fraction of sp³-hybridized carbons (Fsp3) is 0.625. The standard InChI is InChI=1S/C16H27NS/c1-5-15(17-6-2)8-7-11-18-16-10-9-13(3)14(4)12-16/h9-10,12,15,17H,5-8,11H2,1-4H3. The predicted molar refractivity (Wildman–Crippen MR) is 83.6 cm³/mol. The molecule has 0 saturated heterocycles. The summed E-state index contributed by atoms with van der Waals surface area (Å²) in [4.78, 5) is 1.41. The molecule has 0 spiro atoms. The summed E-state index contributed by atoms with van der Waals surface area (Å²) >= 11 is 1.99. The molecule has 1 nitrogen and oxygen atoms in total. The lowest BCUT2D eigenvalue weighted by molar-refractivity contribution is 0.477. The van der Waals surface area contributed by atoms with E-state index in [1.807, 2.05) is 11.8 Å². The number of benzene rings is 1. The van der Waals surface area contributed by atoms with E-state index >= 15 is 0 Å². The molecule has 1 atom stereocenters. The van der Waals surface area contributed by atoms with Crippen LogP contribution in [0.5, 0.6) is 0 Å². The van der Waals surface area contributed by atoms with Crippen LogP contribution in [0, 0.1) is 13.8 Å². The lowest BCUT2D eigenvalue weighted by Gasteiger charge is -2.15. The Labute approximate surface area is 117 Å². The van der Waals surface area contributed by atoms with E-state index in [2.05, 4.69) is 51.2 Å². The van der Waals surface area contributed by atoms with Crippen LogP contribution in [0.15, 0.2) is 23.1 Å². The molecule has 0 aliphatic carbocycles. The van der Waals surface area contributed by atoms with Gasteiger partial charge in [-0.3, -0.25) is 0 Å². The molecule has 1 N–H and O–H groups in total. The zero-order valence-corrected chi connectivity index (χ0v) is 13.1. The zero-order valence-electron chi connectivity index (χ0n) is 12.3. The molecular weight excluding hydrogens is 238 g/mol. The van der Waals surface area contributed by atoms with Crippen molar-refractivity contribution in [1.29, 1.82) is 0 Å². The number of thioether (sulfide) groups is 1. The van der Waals surface area contributed by atoms with Crippen molar-refractivity contribution in [2.75, 3.05) is 12.3 Å². The van der Waals surface area contributed by atoms with E-state index in [4.69, 9.17) is 0 Å². The van der Waals surface area contributed by atoms with Crippen LogP contribution in [0.3, 0.4) is 0 Å². The predicted octanol–water partition coefficient (Wildman–Crippen LogP) is 4.56. The second kappa shape index (κ2) is 8.60. The quantitative estimate of drug-likeness (QED) is 0.546. The molecule has 0 amide bonds. The number of nitrogens with one attached hydrogen (secondary N) is 1. The van der Waals surface area contributed by atoms with Crippen LogP contribution in [0.1, 0.15) is 44.2 Å². The molecule has 0 aliphatic rings. The van der Waals surface area contributed by atoms with E-state index in [1.54, 1.807) is 0 Å². The van der Waals surface area contributed by atoms with Crippen molar-refractivity contribution >= 4 is 11.8 Å². The summed E-state index contributed by atoms with van der Waals surface area (Å²) < 4.78 is 0. The van der Waals surface area contributed by atoms with Gasteiger partial charge in [-0.2, -0.15) is 0 Å². The highest BCUT2D eigenvalue weighted by Crippen LogP contribution is 2.22. The first-order valence-corrected chi connectivity index (χ1v) is 8.09. The van der Waals surface area contributed by atoms with Gasteiger partial charge < -0.3 is 5.32 Å². The summed E-state index contributed by atoms with van der Waals surface area (Å²) in [5.74, 6) is 1.23. The third-order valence-corrected chi connectivity index (χ3v) is 4.51. The molecule has 0 fully saturated rings. The Kier molecular flexibility index (Phi) is 7.45. The molecule has 1 aromatic rings. The zero-order chi connectivity index (χ0) is 13.4. The van der Waals surface area contributed by atoms with Crippen molar-refractivity contribution < 1.29 is 0 Å². The maximum atomic E-state index is 3.54. The topological polar surface area (TPSA) is 12.0 Å². The Morgan fingerprint density at radius 3 is 2.56 bits per heavy atom. The molecule has 0 heterocycles. The van der Waals surface area contributed by atoms with Gasteiger partial charge >= 0.3 is 0 Å². The molecule has 102 valence electrons. The van der Waals surface area contributed by atoms with Crippen molar-refractivity contribution in [1.82, 2.24) is 5.32 Å². The van der Waals surface area contributed by atoms with Crippen molar-refractivity contribution in [3.8, 4) is 0 Å². The van der Waals surface area contributed by atoms with Crippen LogP contribution in [-0.4, -0.2) is 18.3 Å². The highest BCUT2D eigenvalue weighted by atomic mass is 32.2. The molecule has 0 radical (unpaired) electrons. The van der Waals surface area contributed by atoms with Gasteiger partial charge in [0.15, 0.2) is 0 Å². The summed E-state index contributed by atoms with van der Waals surface area (Å²) in [7, 11) is 0. The minimum Gasteiger partial charge on any atom is -0.314 e. The molecule has 18 heavy (non-hydrogen) atoms. The third kappa shape index (κ3) is 5.45. The summed E-state index contributed by atoms with van der Waals surface area (Å²) in [5, 5.41) is 3.54. The maximum Gasteiger partial charge on any atom is 0.00747 e. The van der Waals surface area contributed by atoms with Crippen LogP contribution < -0.4 is 5.32 Å². The smallest absolute Gasteiger partial charge is 0.00747 e. The Morgan fingerprint density at radius 2 is 1.94 bits per heavy atom. The lowest BCUT2D eigenvalue weighted by atomic mass is 10.1. The summed E-state index contributed by atoms with van der Waals surface area (Å²) in [5.41, 5.74) is 2.79. The van der Waals surface area contributed by atoms with Gasteiger partial charge in [0.1, 0.15) is 0 Å². The van der Waals surface area contributed by atoms with Crippen molar-refractivity contribution in [2.45, 2.75) is 57.9 Å². The number of hydrogen-bond acceptors (Lipinski definition) is 2. The Balaban J connectivity index is 2.26. The van der Waals surface area contributed by atoms with Crippen LogP contribution in [0.2, 0.25) is 0 Å². The van der Waals surface area contributed by atoms with Crippen LogP contribution in [0.4, 0.5) is 0 Å². The number of rotatable bonds is 8. The Bertz CT molecular complexity index is 349. The molecule has 0 saturated carbocycles. The SMILES string of the molecule is CCNC(CC)CCCSc1ccc(C)c(C)c1. The summed E-state index contributed by atoms with van der Waals surface area (Å²) in [6, 6.07) is 7.48. The number of hydrogen-bond donors (Lipinski definition) is 1. The number of aryl methyl sites for hydroxylation is 2. The van der Waals surface area contributed by atoms with Crippen molar-refractivity contribution in [2.24, 2.45) is 0 Å². The highest BCUT2D eigenvalue weighted by Gasteiger charge is 2.04. The largest absolute Gasteiger partial charge is 0.314 e. The van der Waals surface area contributed by atoms with E-state index in [9.17, 15) is 0 Å². The van der Waals surface area contributed by atoms with Gasteiger partial charge in [-0.05, 0) is 68.7 Å². The van der Waals surface area contributed by atoms with E-state index in [0.717, 1.165) is 6.54 Å². The average Bonchev–Trinajstić information content (AvgIpc) is 2.37. The molecule has 1 unspecified atom stereocenters. The first-order chi connectivity index (χ1) is 8.67. The third-order valence-electron chi connectivity index (χ3n) is 3.43. The van der Waals surface area contributed by atoms with Crippen LogP contribution in [0.25, 0.3) is 0 Å². The first kappa shape index (κ1) is 15.6. The molecular formula is C16H27NS. The molecule has 0 aromatic heterocycles. The van der Waals surface area contributed by atoms with Crippen molar-refractivity contribution in [3.63, 3.8) is 0 Å². The molecule has 2 heteroatoms. The van der Waals surface area contributed by atoms with Gasteiger partial charge in [-0.15, -0.1) is 11.8 Å². The van der Waals surface area contributed by atoms with Gasteiger partial charge in [-0.1, -0.05) is 19.9 Å². The van der Waals surface area contributed by atoms with Gasteiger partial charge in [0.05, 0.1) is 0 Å². The van der Waals surface area contributed by atoms with Crippen LogP contribution in [-0.2, 0) is 0 Å². The Morgan fingerprint density at radius 1 is 1.17 bits per heavy atom. The summed E-state index contributed by atoms with van der Waals surface area (Å²) in [6.45, 7) is 9.91. The normalized spacial score (nSPS) is 12.7. The molecule has 0 bridgehead atoms. The maximum absolute atomic E-state index is 3.54. The van der Waals surface area contributed by atoms with Crippen LogP contribution >= 0.6 is 11.8 Å². The second-order valence-corrected chi connectivity index (χ2v) is 6.07. The van der Waals surface area contributed by atoms with E-state index in [0.29, 0.717) is 6.04 Å². The van der Waals surface area contributed by atoms with Gasteiger partial charge in [0.25, 0.3) is 0 Å². The lowest BCUT2D eigenvalue weighted by Crippen LogP contribution is -2.28. The fourth-order valence-electron chi connectivity index (χ4n) is 2.06. The second-order valence-electron chi connectivity index (χ2n) is 4.90. The Hall–Kier alpha value is -0.470. The molecule has 1 aromatic carbocycles. The average molecular weight is 265 g/mol. The minimum atomic E-state index is 0.704. The van der Waals surface area contributed by atoms with Gasteiger partial charge in [-0.25, -0.2) is 0 Å². The highest BCUT2D eigenvalue weighted by molar-refractivity contribution is 7.99. The van der Waals surface area contributed by atoms with E-state index < -0.39 is 0 Å².